The Morgan fingerprint density at radius 1 is 1.50 bits per heavy atom. The predicted octanol–water partition coefficient (Wildman–Crippen LogP) is 1.01. The fourth-order valence-corrected chi connectivity index (χ4v) is 1.34. The third-order valence-corrected chi connectivity index (χ3v) is 1.84. The first-order chi connectivity index (χ1) is 4.83. The molecule has 1 N–H and O–H groups in total. The maximum Gasteiger partial charge on any atom is 0.251 e. The molecule has 0 atom stereocenters. The highest BCUT2D eigenvalue weighted by Crippen LogP contribution is 2.17. The van der Waals surface area contributed by atoms with Crippen molar-refractivity contribution >= 4 is 5.91 Å². The van der Waals surface area contributed by atoms with Crippen molar-refractivity contribution in [3.05, 3.63) is 0 Å². The van der Waals surface area contributed by atoms with Gasteiger partial charge in [0.15, 0.2) is 6.67 Å². The summed E-state index contributed by atoms with van der Waals surface area (Å²) in [7, 11) is 0. The van der Waals surface area contributed by atoms with Crippen molar-refractivity contribution in [1.29, 1.82) is 0 Å². The van der Waals surface area contributed by atoms with Crippen LogP contribution in [0.4, 0.5) is 4.39 Å². The molecule has 3 heteroatoms. The minimum atomic E-state index is -0.878. The summed E-state index contributed by atoms with van der Waals surface area (Å²) < 4.78 is 11.6. The second-order valence-corrected chi connectivity index (χ2v) is 2.68. The quantitative estimate of drug-likeness (QED) is 0.617. The molecule has 1 amide bonds. The van der Waals surface area contributed by atoms with Gasteiger partial charge in [-0.25, -0.2) is 4.39 Å². The van der Waals surface area contributed by atoms with Crippen LogP contribution in [0.25, 0.3) is 0 Å². The van der Waals surface area contributed by atoms with Crippen LogP contribution in [0.5, 0.6) is 0 Å². The number of hydrogen-bond donors (Lipinski definition) is 1. The highest BCUT2D eigenvalue weighted by atomic mass is 19.1. The molecule has 0 unspecified atom stereocenters. The third-order valence-electron chi connectivity index (χ3n) is 1.84. The average Bonchev–Trinajstić information content (AvgIpc) is 2.40. The molecule has 10 heavy (non-hydrogen) atoms. The summed E-state index contributed by atoms with van der Waals surface area (Å²) >= 11 is 0. The van der Waals surface area contributed by atoms with Gasteiger partial charge in [0.25, 0.3) is 5.91 Å². The van der Waals surface area contributed by atoms with Crippen LogP contribution in [0.1, 0.15) is 25.7 Å². The number of amides is 1. The van der Waals surface area contributed by atoms with E-state index in [-0.39, 0.29) is 6.04 Å². The third kappa shape index (κ3) is 1.97. The molecule has 1 aliphatic carbocycles. The van der Waals surface area contributed by atoms with E-state index in [0.717, 1.165) is 25.7 Å². The van der Waals surface area contributed by atoms with Gasteiger partial charge in [0.1, 0.15) is 0 Å². The van der Waals surface area contributed by atoms with Gasteiger partial charge >= 0.3 is 0 Å². The second-order valence-electron chi connectivity index (χ2n) is 2.68. The molecule has 1 aliphatic rings. The molecule has 0 heterocycles. The Labute approximate surface area is 59.8 Å². The Balaban J connectivity index is 2.17. The van der Waals surface area contributed by atoms with Crippen molar-refractivity contribution in [2.24, 2.45) is 0 Å². The van der Waals surface area contributed by atoms with E-state index in [1.807, 2.05) is 0 Å². The smallest absolute Gasteiger partial charge is 0.251 e. The van der Waals surface area contributed by atoms with Gasteiger partial charge in [0.2, 0.25) is 0 Å². The first-order valence-corrected chi connectivity index (χ1v) is 3.68. The van der Waals surface area contributed by atoms with Crippen LogP contribution in [-0.2, 0) is 4.79 Å². The second kappa shape index (κ2) is 3.54. The van der Waals surface area contributed by atoms with Crippen LogP contribution in [0.15, 0.2) is 0 Å². The summed E-state index contributed by atoms with van der Waals surface area (Å²) in [6.07, 6.45) is 4.37. The lowest BCUT2D eigenvalue weighted by atomic mass is 10.2. The van der Waals surface area contributed by atoms with E-state index >= 15 is 0 Å². The molecule has 0 radical (unpaired) electrons. The number of rotatable bonds is 2. The van der Waals surface area contributed by atoms with Gasteiger partial charge in [-0.3, -0.25) is 4.79 Å². The minimum absolute atomic E-state index is 0.253. The number of alkyl halides is 1. The number of carbonyl (C=O) groups is 1. The molecule has 0 aromatic rings. The van der Waals surface area contributed by atoms with Gasteiger partial charge in [-0.05, 0) is 12.8 Å². The SMILES string of the molecule is O=C(CF)NC1CCCC1. The molecule has 1 fully saturated rings. The van der Waals surface area contributed by atoms with Gasteiger partial charge in [-0.15, -0.1) is 0 Å². The maximum absolute atomic E-state index is 11.6. The normalized spacial score (nSPS) is 19.3. The molecule has 0 aliphatic heterocycles. The number of hydrogen-bond acceptors (Lipinski definition) is 1. The molecular formula is C7H12FNO. The van der Waals surface area contributed by atoms with Crippen LogP contribution in [0.2, 0.25) is 0 Å². The fraction of sp³-hybridized carbons (Fsp3) is 0.857. The lowest BCUT2D eigenvalue weighted by molar-refractivity contribution is -0.122. The van der Waals surface area contributed by atoms with E-state index in [0.29, 0.717) is 0 Å². The number of nitrogens with one attached hydrogen (secondary N) is 1. The first-order valence-electron chi connectivity index (χ1n) is 3.68. The van der Waals surface area contributed by atoms with Gasteiger partial charge in [-0.2, -0.15) is 0 Å². The van der Waals surface area contributed by atoms with Crippen LogP contribution < -0.4 is 5.32 Å². The monoisotopic (exact) mass is 145 g/mol. The van der Waals surface area contributed by atoms with E-state index in [1.54, 1.807) is 0 Å². The van der Waals surface area contributed by atoms with Gasteiger partial charge in [-0.1, -0.05) is 12.8 Å². The highest BCUT2D eigenvalue weighted by Gasteiger charge is 2.16. The minimum Gasteiger partial charge on any atom is -0.351 e. The first kappa shape index (κ1) is 7.51. The molecule has 58 valence electrons. The Kier molecular flexibility index (Phi) is 2.66. The topological polar surface area (TPSA) is 29.1 Å². The lowest BCUT2D eigenvalue weighted by Gasteiger charge is -2.08. The Morgan fingerprint density at radius 3 is 2.60 bits per heavy atom. The summed E-state index contributed by atoms with van der Waals surface area (Å²) in [5.41, 5.74) is 0. The zero-order chi connectivity index (χ0) is 7.40. The summed E-state index contributed by atoms with van der Waals surface area (Å²) in [6.45, 7) is -0.878. The number of carbonyl (C=O) groups excluding carboxylic acids is 1. The van der Waals surface area contributed by atoms with Crippen molar-refractivity contribution in [2.45, 2.75) is 31.7 Å². The summed E-state index contributed by atoms with van der Waals surface area (Å²) in [4.78, 5) is 10.5. The van der Waals surface area contributed by atoms with Gasteiger partial charge in [0, 0.05) is 6.04 Å². The number of halogens is 1. The standard InChI is InChI=1S/C7H12FNO/c8-5-7(10)9-6-3-1-2-4-6/h6H,1-5H2,(H,9,10). The molecule has 0 aromatic carbocycles. The lowest BCUT2D eigenvalue weighted by Crippen LogP contribution is -2.33. The van der Waals surface area contributed by atoms with E-state index < -0.39 is 12.6 Å². The Bertz CT molecular complexity index is 121. The Hall–Kier alpha value is -0.600. The average molecular weight is 145 g/mol. The van der Waals surface area contributed by atoms with Crippen molar-refractivity contribution < 1.29 is 9.18 Å². The van der Waals surface area contributed by atoms with Crippen molar-refractivity contribution in [3.63, 3.8) is 0 Å². The van der Waals surface area contributed by atoms with E-state index in [2.05, 4.69) is 5.32 Å². The van der Waals surface area contributed by atoms with Crippen LogP contribution in [0, 0.1) is 0 Å². The zero-order valence-corrected chi connectivity index (χ0v) is 5.90. The predicted molar refractivity (Wildman–Crippen MR) is 36.4 cm³/mol. The van der Waals surface area contributed by atoms with E-state index in [4.69, 9.17) is 0 Å². The summed E-state index contributed by atoms with van der Waals surface area (Å²) in [6, 6.07) is 0.253. The van der Waals surface area contributed by atoms with Crippen molar-refractivity contribution in [3.8, 4) is 0 Å². The van der Waals surface area contributed by atoms with E-state index in [1.165, 1.54) is 0 Å². The molecular weight excluding hydrogens is 133 g/mol. The van der Waals surface area contributed by atoms with Crippen LogP contribution in [0.3, 0.4) is 0 Å². The van der Waals surface area contributed by atoms with Crippen LogP contribution >= 0.6 is 0 Å². The summed E-state index contributed by atoms with van der Waals surface area (Å²) in [5, 5.41) is 2.61. The molecule has 0 bridgehead atoms. The van der Waals surface area contributed by atoms with Crippen molar-refractivity contribution in [2.75, 3.05) is 6.67 Å². The molecule has 1 saturated carbocycles. The fourth-order valence-electron chi connectivity index (χ4n) is 1.34. The molecule has 0 spiro atoms. The highest BCUT2D eigenvalue weighted by molar-refractivity contribution is 5.77. The van der Waals surface area contributed by atoms with Gasteiger partial charge in [0.05, 0.1) is 0 Å². The summed E-state index contributed by atoms with van der Waals surface area (Å²) in [5.74, 6) is -0.466. The van der Waals surface area contributed by atoms with E-state index in [9.17, 15) is 9.18 Å². The van der Waals surface area contributed by atoms with Crippen molar-refractivity contribution in [1.82, 2.24) is 5.32 Å². The Morgan fingerprint density at radius 2 is 2.10 bits per heavy atom. The zero-order valence-electron chi connectivity index (χ0n) is 5.90. The molecule has 2 nitrogen and oxygen atoms in total. The maximum atomic E-state index is 11.6. The van der Waals surface area contributed by atoms with Gasteiger partial charge < -0.3 is 5.32 Å². The van der Waals surface area contributed by atoms with Crippen LogP contribution in [-0.4, -0.2) is 18.6 Å². The molecule has 0 saturated heterocycles. The largest absolute Gasteiger partial charge is 0.351 e. The molecule has 1 rings (SSSR count). The molecule has 0 aromatic heterocycles.